The van der Waals surface area contributed by atoms with Crippen molar-refractivity contribution in [1.29, 1.82) is 0 Å². The van der Waals surface area contributed by atoms with E-state index in [1.807, 2.05) is 30.3 Å². The summed E-state index contributed by atoms with van der Waals surface area (Å²) < 4.78 is 14.8. The normalized spacial score (nSPS) is 15.7. The molecule has 3 heterocycles. The fourth-order valence-electron chi connectivity index (χ4n) is 4.17. The van der Waals surface area contributed by atoms with Crippen molar-refractivity contribution in [3.8, 4) is 0 Å². The number of halogens is 1. The molecule has 1 atom stereocenters. The lowest BCUT2D eigenvalue weighted by Gasteiger charge is -2.18. The van der Waals surface area contributed by atoms with E-state index in [2.05, 4.69) is 15.3 Å². The van der Waals surface area contributed by atoms with Gasteiger partial charge in [-0.3, -0.25) is 19.6 Å². The summed E-state index contributed by atoms with van der Waals surface area (Å²) in [6.45, 7) is 0.725. The summed E-state index contributed by atoms with van der Waals surface area (Å²) in [7, 11) is 0. The number of pyridine rings is 2. The van der Waals surface area contributed by atoms with Crippen molar-refractivity contribution in [2.24, 2.45) is 0 Å². The van der Waals surface area contributed by atoms with Gasteiger partial charge in [-0.1, -0.05) is 18.2 Å². The molecule has 2 aromatic carbocycles. The number of aromatic nitrogens is 2. The molecule has 6 nitrogen and oxygen atoms in total. The Labute approximate surface area is 190 Å². The monoisotopic (exact) mass is 440 g/mol. The molecule has 1 N–H and O–H groups in total. The first kappa shape index (κ1) is 20.8. The first-order chi connectivity index (χ1) is 16.1. The lowest BCUT2D eigenvalue weighted by Crippen LogP contribution is -2.24. The molecule has 1 aliphatic heterocycles. The summed E-state index contributed by atoms with van der Waals surface area (Å²) in [6.07, 6.45) is 7.09. The van der Waals surface area contributed by atoms with E-state index in [9.17, 15) is 14.0 Å². The number of fused-ring (bicyclic) bond motifs is 1. The van der Waals surface area contributed by atoms with Gasteiger partial charge < -0.3 is 10.2 Å². The molecular weight excluding hydrogens is 419 g/mol. The molecule has 0 spiro atoms. The summed E-state index contributed by atoms with van der Waals surface area (Å²) >= 11 is 0. The van der Waals surface area contributed by atoms with Crippen LogP contribution in [0.5, 0.6) is 0 Å². The Morgan fingerprint density at radius 2 is 1.91 bits per heavy atom. The minimum absolute atomic E-state index is 0.00731. The third-order valence-electron chi connectivity index (χ3n) is 5.95. The fraction of sp³-hybridized carbons (Fsp3) is 0.154. The molecule has 1 saturated heterocycles. The van der Waals surface area contributed by atoms with Gasteiger partial charge in [0, 0.05) is 61.3 Å². The van der Waals surface area contributed by atoms with E-state index in [-0.39, 0.29) is 23.9 Å². The quantitative estimate of drug-likeness (QED) is 0.504. The van der Waals surface area contributed by atoms with Gasteiger partial charge in [-0.05, 0) is 52.9 Å². The molecule has 5 rings (SSSR count). The van der Waals surface area contributed by atoms with Gasteiger partial charge in [0.25, 0.3) is 5.91 Å². The highest BCUT2D eigenvalue weighted by Crippen LogP contribution is 2.33. The van der Waals surface area contributed by atoms with Crippen molar-refractivity contribution < 1.29 is 14.0 Å². The van der Waals surface area contributed by atoms with Gasteiger partial charge >= 0.3 is 0 Å². The number of benzene rings is 2. The lowest BCUT2D eigenvalue weighted by atomic mass is 9.96. The van der Waals surface area contributed by atoms with E-state index in [0.717, 1.165) is 22.0 Å². The van der Waals surface area contributed by atoms with Crippen molar-refractivity contribution >= 4 is 28.3 Å². The molecule has 1 aliphatic rings. The lowest BCUT2D eigenvalue weighted by molar-refractivity contribution is -0.117. The second kappa shape index (κ2) is 8.78. The van der Waals surface area contributed by atoms with Crippen LogP contribution in [0.2, 0.25) is 0 Å². The Bertz CT molecular complexity index is 1340. The van der Waals surface area contributed by atoms with Gasteiger partial charge in [0.2, 0.25) is 5.91 Å². The fourth-order valence-corrected chi connectivity index (χ4v) is 4.17. The van der Waals surface area contributed by atoms with Crippen LogP contribution in [0.1, 0.15) is 33.8 Å². The van der Waals surface area contributed by atoms with E-state index in [0.29, 0.717) is 18.5 Å². The molecule has 0 bridgehead atoms. The number of hydrogen-bond donors (Lipinski definition) is 1. The number of carbonyl (C=O) groups is 2. The minimum atomic E-state index is -0.597. The number of nitrogens with zero attached hydrogens (tertiary/aromatic N) is 3. The zero-order valence-electron chi connectivity index (χ0n) is 17.7. The third kappa shape index (κ3) is 4.30. The molecule has 2 amide bonds. The highest BCUT2D eigenvalue weighted by atomic mass is 19.1. The third-order valence-corrected chi connectivity index (χ3v) is 5.95. The first-order valence-electron chi connectivity index (χ1n) is 10.7. The van der Waals surface area contributed by atoms with Crippen LogP contribution in [0.15, 0.2) is 79.4 Å². The van der Waals surface area contributed by atoms with Crippen LogP contribution >= 0.6 is 0 Å². The Hall–Kier alpha value is -4.13. The van der Waals surface area contributed by atoms with E-state index >= 15 is 0 Å². The Morgan fingerprint density at radius 1 is 1.03 bits per heavy atom. The average Bonchev–Trinajstić information content (AvgIpc) is 3.24. The van der Waals surface area contributed by atoms with Crippen LogP contribution < -0.4 is 10.2 Å². The van der Waals surface area contributed by atoms with Crippen LogP contribution in [0.4, 0.5) is 10.1 Å². The molecule has 0 saturated carbocycles. The smallest absolute Gasteiger partial charge is 0.254 e. The zero-order chi connectivity index (χ0) is 22.8. The largest absolute Gasteiger partial charge is 0.348 e. The number of amides is 2. The Balaban J connectivity index is 1.30. The summed E-state index contributed by atoms with van der Waals surface area (Å²) in [4.78, 5) is 35.0. The summed E-state index contributed by atoms with van der Waals surface area (Å²) in [5.74, 6) is -1.24. The Kier molecular flexibility index (Phi) is 5.52. The number of carbonyl (C=O) groups excluding carboxylic acids is 2. The van der Waals surface area contributed by atoms with Crippen LogP contribution in [0, 0.1) is 5.82 Å². The maximum atomic E-state index is 14.8. The molecule has 1 fully saturated rings. The number of anilines is 1. The van der Waals surface area contributed by atoms with Crippen LogP contribution in [-0.2, 0) is 11.3 Å². The van der Waals surface area contributed by atoms with Crippen molar-refractivity contribution in [2.45, 2.75) is 18.9 Å². The van der Waals surface area contributed by atoms with Gasteiger partial charge in [-0.15, -0.1) is 0 Å². The molecule has 0 radical (unpaired) electrons. The summed E-state index contributed by atoms with van der Waals surface area (Å²) in [5.41, 5.74) is 2.33. The van der Waals surface area contributed by atoms with E-state index < -0.39 is 11.7 Å². The molecule has 7 heteroatoms. The molecule has 0 aliphatic carbocycles. The SMILES string of the molecule is O=C(NCc1cccnc1)c1ccc(C2CC(=O)N(c3ccc4cnccc4c3)C2)cc1F. The second-order valence-electron chi connectivity index (χ2n) is 8.10. The molecule has 33 heavy (non-hydrogen) atoms. The van der Waals surface area contributed by atoms with Gasteiger partial charge in [-0.25, -0.2) is 4.39 Å². The average molecular weight is 440 g/mol. The number of nitrogens with one attached hydrogen (secondary N) is 1. The molecule has 164 valence electrons. The van der Waals surface area contributed by atoms with E-state index in [1.165, 1.54) is 12.1 Å². The minimum Gasteiger partial charge on any atom is -0.348 e. The number of hydrogen-bond acceptors (Lipinski definition) is 4. The summed E-state index contributed by atoms with van der Waals surface area (Å²) in [5, 5.41) is 4.72. The van der Waals surface area contributed by atoms with Gasteiger partial charge in [0.05, 0.1) is 5.56 Å². The topological polar surface area (TPSA) is 75.2 Å². The summed E-state index contributed by atoms with van der Waals surface area (Å²) in [6, 6.07) is 15.9. The van der Waals surface area contributed by atoms with E-state index in [4.69, 9.17) is 0 Å². The predicted octanol–water partition coefficient (Wildman–Crippen LogP) is 4.22. The van der Waals surface area contributed by atoms with Crippen LogP contribution in [-0.4, -0.2) is 28.3 Å². The van der Waals surface area contributed by atoms with Gasteiger partial charge in [-0.2, -0.15) is 0 Å². The van der Waals surface area contributed by atoms with Crippen molar-refractivity contribution in [3.63, 3.8) is 0 Å². The first-order valence-corrected chi connectivity index (χ1v) is 10.7. The Morgan fingerprint density at radius 3 is 2.73 bits per heavy atom. The molecule has 4 aromatic rings. The highest BCUT2D eigenvalue weighted by Gasteiger charge is 2.32. The standard InChI is InChI=1S/C26H21FN4O2/c27-24-11-18(4-6-23(24)26(33)30-14-17-2-1-8-28-13-17)21-12-25(32)31(16-21)22-5-3-20-15-29-9-7-19(20)10-22/h1-11,13,15,21H,12,14,16H2,(H,30,33). The molecular formula is C26H21FN4O2. The maximum absolute atomic E-state index is 14.8. The zero-order valence-corrected chi connectivity index (χ0v) is 17.7. The van der Waals surface area contributed by atoms with Crippen molar-refractivity contribution in [1.82, 2.24) is 15.3 Å². The van der Waals surface area contributed by atoms with Gasteiger partial charge in [0.15, 0.2) is 0 Å². The predicted molar refractivity (Wildman–Crippen MR) is 123 cm³/mol. The van der Waals surface area contributed by atoms with Crippen molar-refractivity contribution in [3.05, 3.63) is 102 Å². The van der Waals surface area contributed by atoms with Crippen molar-refractivity contribution in [2.75, 3.05) is 11.4 Å². The molecule has 1 unspecified atom stereocenters. The highest BCUT2D eigenvalue weighted by molar-refractivity contribution is 5.99. The molecule has 2 aromatic heterocycles. The van der Waals surface area contributed by atoms with Crippen LogP contribution in [0.3, 0.4) is 0 Å². The van der Waals surface area contributed by atoms with Crippen LogP contribution in [0.25, 0.3) is 10.8 Å². The van der Waals surface area contributed by atoms with Gasteiger partial charge in [0.1, 0.15) is 5.82 Å². The maximum Gasteiger partial charge on any atom is 0.254 e. The van der Waals surface area contributed by atoms with E-state index in [1.54, 1.807) is 41.8 Å². The number of rotatable bonds is 5. The second-order valence-corrected chi connectivity index (χ2v) is 8.10.